The minimum atomic E-state index is -3.02. The van der Waals surface area contributed by atoms with Crippen LogP contribution in [0.5, 0.6) is 5.75 Å². The normalized spacial score (nSPS) is 26.3. The van der Waals surface area contributed by atoms with Crippen molar-refractivity contribution in [2.75, 3.05) is 56.2 Å². The predicted molar refractivity (Wildman–Crippen MR) is 131 cm³/mol. The summed E-state index contributed by atoms with van der Waals surface area (Å²) in [5.74, 6) is 1.35. The zero-order valence-corrected chi connectivity index (χ0v) is 20.5. The molecule has 6 rings (SSSR count). The number of hydrogen-bond acceptors (Lipinski definition) is 5. The zero-order chi connectivity index (χ0) is 23.4. The Kier molecular flexibility index (Phi) is 5.46. The van der Waals surface area contributed by atoms with Gasteiger partial charge >= 0.3 is 6.03 Å². The van der Waals surface area contributed by atoms with Crippen LogP contribution in [0, 0.1) is 11.3 Å². The summed E-state index contributed by atoms with van der Waals surface area (Å²) in [5.41, 5.74) is 1.23. The van der Waals surface area contributed by atoms with Gasteiger partial charge in [0, 0.05) is 49.2 Å². The van der Waals surface area contributed by atoms with E-state index in [2.05, 4.69) is 43.0 Å². The van der Waals surface area contributed by atoms with Crippen molar-refractivity contribution in [2.24, 2.45) is 11.3 Å². The molecule has 4 fully saturated rings. The van der Waals surface area contributed by atoms with Gasteiger partial charge in [0.05, 0.1) is 24.7 Å². The molecule has 33 heavy (non-hydrogen) atoms. The highest BCUT2D eigenvalue weighted by atomic mass is 32.2. The lowest BCUT2D eigenvalue weighted by Crippen LogP contribution is -2.55. The van der Waals surface area contributed by atoms with Gasteiger partial charge in [0.1, 0.15) is 5.75 Å². The van der Waals surface area contributed by atoms with Crippen molar-refractivity contribution in [1.82, 2.24) is 9.80 Å². The number of rotatable bonds is 2. The van der Waals surface area contributed by atoms with Crippen LogP contribution in [0.1, 0.15) is 20.3 Å². The number of nitrogens with zero attached hydrogens (tertiary/aromatic N) is 3. The number of amides is 2. The Labute approximate surface area is 196 Å². The van der Waals surface area contributed by atoms with Crippen LogP contribution in [0.4, 0.5) is 10.5 Å². The Morgan fingerprint density at radius 3 is 2.36 bits per heavy atom. The van der Waals surface area contributed by atoms with E-state index >= 15 is 0 Å². The topological polar surface area (TPSA) is 70.2 Å². The second-order valence-electron chi connectivity index (χ2n) is 10.4. The van der Waals surface area contributed by atoms with Crippen molar-refractivity contribution in [2.45, 2.75) is 26.3 Å². The maximum absolute atomic E-state index is 13.4. The number of anilines is 1. The summed E-state index contributed by atoms with van der Waals surface area (Å²) < 4.78 is 29.3. The first kappa shape index (κ1) is 22.3. The third-order valence-corrected chi connectivity index (χ3v) is 9.30. The van der Waals surface area contributed by atoms with Gasteiger partial charge in [-0.05, 0) is 29.9 Å². The fourth-order valence-corrected chi connectivity index (χ4v) is 7.25. The number of carbonyl (C=O) groups excluding carboxylic acids is 1. The third kappa shape index (κ3) is 4.03. The van der Waals surface area contributed by atoms with E-state index in [0.717, 1.165) is 24.1 Å². The molecule has 4 aliphatic heterocycles. The summed E-state index contributed by atoms with van der Waals surface area (Å²) in [7, 11) is -1.31. The molecule has 4 aliphatic rings. The number of urea groups is 1. The summed E-state index contributed by atoms with van der Waals surface area (Å²) in [5, 5.41) is 2.26. The van der Waals surface area contributed by atoms with E-state index in [0.29, 0.717) is 32.1 Å². The zero-order valence-electron chi connectivity index (χ0n) is 19.7. The molecular formula is C25H33N3O4S. The number of carbonyl (C=O) groups is 1. The molecule has 4 saturated heterocycles. The molecule has 0 aromatic heterocycles. The fourth-order valence-electron chi connectivity index (χ4n) is 6.04. The lowest BCUT2D eigenvalue weighted by molar-refractivity contribution is 0.153. The molecule has 1 unspecified atom stereocenters. The molecule has 0 radical (unpaired) electrons. The number of benzene rings is 2. The maximum Gasteiger partial charge on any atom is 0.320 e. The molecule has 2 aromatic rings. The maximum atomic E-state index is 13.4. The molecular weight excluding hydrogens is 438 g/mol. The highest BCUT2D eigenvalue weighted by molar-refractivity contribution is 7.91. The molecule has 2 aromatic carbocycles. The molecule has 0 aliphatic carbocycles. The van der Waals surface area contributed by atoms with Gasteiger partial charge in [-0.15, -0.1) is 0 Å². The minimum absolute atomic E-state index is 0.0148. The van der Waals surface area contributed by atoms with E-state index in [1.165, 1.54) is 11.1 Å². The molecule has 2 atom stereocenters. The van der Waals surface area contributed by atoms with Gasteiger partial charge in [0.25, 0.3) is 0 Å². The fraction of sp³-hybridized carbons (Fsp3) is 0.560. The van der Waals surface area contributed by atoms with Gasteiger partial charge in [-0.1, -0.05) is 38.1 Å². The number of methoxy groups -OCH3 is 1. The lowest BCUT2D eigenvalue weighted by atomic mass is 9.73. The molecule has 8 heteroatoms. The summed E-state index contributed by atoms with van der Waals surface area (Å²) in [6.45, 7) is 7.47. The van der Waals surface area contributed by atoms with Gasteiger partial charge in [0.15, 0.2) is 9.84 Å². The highest BCUT2D eigenvalue weighted by Crippen LogP contribution is 2.45. The Morgan fingerprint density at radius 2 is 1.67 bits per heavy atom. The Hall–Kier alpha value is -2.48. The average molecular weight is 472 g/mol. The van der Waals surface area contributed by atoms with Crippen molar-refractivity contribution >= 4 is 32.3 Å². The van der Waals surface area contributed by atoms with Gasteiger partial charge in [-0.25, -0.2) is 13.2 Å². The number of hydrogen-bond donors (Lipinski definition) is 0. The highest BCUT2D eigenvalue weighted by Gasteiger charge is 2.47. The first-order chi connectivity index (χ1) is 15.7. The SMILES string of the molecule is COc1ccc(N2C[C@H]3CN(C(=O)N4CCS(=O)(=O)CC4)CC2C(C)(C)C3)c2ccccc12. The Bertz CT molecular complexity index is 1170. The van der Waals surface area contributed by atoms with Crippen LogP contribution in [0.3, 0.4) is 0 Å². The predicted octanol–water partition coefficient (Wildman–Crippen LogP) is 3.24. The first-order valence-corrected chi connectivity index (χ1v) is 13.6. The first-order valence-electron chi connectivity index (χ1n) is 11.8. The van der Waals surface area contributed by atoms with Crippen molar-refractivity contribution in [3.63, 3.8) is 0 Å². The summed E-state index contributed by atoms with van der Waals surface area (Å²) in [4.78, 5) is 19.6. The smallest absolute Gasteiger partial charge is 0.320 e. The van der Waals surface area contributed by atoms with Crippen LogP contribution in [-0.4, -0.2) is 81.6 Å². The molecule has 2 bridgehead atoms. The number of fused-ring (bicyclic) bond motifs is 5. The summed E-state index contributed by atoms with van der Waals surface area (Å²) in [6, 6.07) is 12.7. The molecule has 0 N–H and O–H groups in total. The van der Waals surface area contributed by atoms with E-state index in [1.807, 2.05) is 17.0 Å². The molecule has 7 nitrogen and oxygen atoms in total. The van der Waals surface area contributed by atoms with E-state index in [4.69, 9.17) is 4.74 Å². The van der Waals surface area contributed by atoms with Crippen LogP contribution in [0.15, 0.2) is 36.4 Å². The van der Waals surface area contributed by atoms with Crippen molar-refractivity contribution in [1.29, 1.82) is 0 Å². The van der Waals surface area contributed by atoms with Crippen molar-refractivity contribution in [3.8, 4) is 5.75 Å². The molecule has 2 amide bonds. The lowest BCUT2D eigenvalue weighted by Gasteiger charge is -2.48. The summed E-state index contributed by atoms with van der Waals surface area (Å²) in [6.07, 6.45) is 1.07. The standard InChI is InChI=1S/C25H33N3O4S/c1-25(2)14-18-15-27(24(29)26-10-12-33(30,31)13-11-26)17-23(25)28(16-18)21-8-9-22(32-3)20-7-5-4-6-19(20)21/h4-9,18,23H,10-17H2,1-3H3/t18-,23?/m1/s1. The van der Waals surface area contributed by atoms with Gasteiger partial charge < -0.3 is 19.4 Å². The van der Waals surface area contributed by atoms with E-state index in [-0.39, 0.29) is 29.0 Å². The van der Waals surface area contributed by atoms with Crippen LogP contribution >= 0.6 is 0 Å². The molecule has 178 valence electrons. The van der Waals surface area contributed by atoms with Crippen molar-refractivity contribution < 1.29 is 17.9 Å². The second kappa shape index (κ2) is 8.08. The number of piperidine rings is 1. The second-order valence-corrected chi connectivity index (χ2v) is 12.7. The monoisotopic (exact) mass is 471 g/mol. The van der Waals surface area contributed by atoms with E-state index in [9.17, 15) is 13.2 Å². The quantitative estimate of drug-likeness (QED) is 0.673. The van der Waals surface area contributed by atoms with Gasteiger partial charge in [-0.3, -0.25) is 0 Å². The van der Waals surface area contributed by atoms with Crippen LogP contribution < -0.4 is 9.64 Å². The van der Waals surface area contributed by atoms with E-state index < -0.39 is 9.84 Å². The van der Waals surface area contributed by atoms with Crippen LogP contribution in [0.2, 0.25) is 0 Å². The van der Waals surface area contributed by atoms with Crippen molar-refractivity contribution in [3.05, 3.63) is 36.4 Å². The largest absolute Gasteiger partial charge is 0.496 e. The number of sulfone groups is 1. The Balaban J connectivity index is 1.47. The number of ether oxygens (including phenoxy) is 1. The average Bonchev–Trinajstić information content (AvgIpc) is 3.05. The molecule has 0 spiro atoms. The molecule has 4 heterocycles. The van der Waals surface area contributed by atoms with Crippen LogP contribution in [-0.2, 0) is 9.84 Å². The third-order valence-electron chi connectivity index (χ3n) is 7.70. The van der Waals surface area contributed by atoms with Gasteiger partial charge in [0.2, 0.25) is 0 Å². The van der Waals surface area contributed by atoms with Crippen LogP contribution in [0.25, 0.3) is 10.8 Å². The van der Waals surface area contributed by atoms with E-state index in [1.54, 1.807) is 12.0 Å². The minimum Gasteiger partial charge on any atom is -0.496 e. The van der Waals surface area contributed by atoms with Gasteiger partial charge in [-0.2, -0.15) is 0 Å². The Morgan fingerprint density at radius 1 is 0.970 bits per heavy atom. The molecule has 0 saturated carbocycles. The summed E-state index contributed by atoms with van der Waals surface area (Å²) >= 11 is 0.